The predicted molar refractivity (Wildman–Crippen MR) is 76.0 cm³/mol. The highest BCUT2D eigenvalue weighted by Gasteiger charge is 2.31. The smallest absolute Gasteiger partial charge is 0.243 e. The van der Waals surface area contributed by atoms with Crippen LogP contribution in [0.3, 0.4) is 0 Å². The van der Waals surface area contributed by atoms with E-state index >= 15 is 0 Å². The maximum Gasteiger partial charge on any atom is 0.243 e. The van der Waals surface area contributed by atoms with Crippen LogP contribution in [0.25, 0.3) is 11.0 Å². The molecular formula is C10H13ClN4O2S2. The summed E-state index contributed by atoms with van der Waals surface area (Å²) in [5.74, 6) is 0. The minimum atomic E-state index is -3.54. The lowest BCUT2D eigenvalue weighted by molar-refractivity contribution is 0.327. The average molecular weight is 321 g/mol. The molecule has 0 atom stereocenters. The lowest BCUT2D eigenvalue weighted by Crippen LogP contribution is -2.50. The van der Waals surface area contributed by atoms with Gasteiger partial charge in [-0.25, -0.2) is 13.1 Å². The van der Waals surface area contributed by atoms with Gasteiger partial charge in [0.25, 0.3) is 0 Å². The van der Waals surface area contributed by atoms with Crippen molar-refractivity contribution < 1.29 is 8.42 Å². The summed E-state index contributed by atoms with van der Waals surface area (Å²) in [6.45, 7) is 0. The van der Waals surface area contributed by atoms with Crippen LogP contribution in [0.1, 0.15) is 12.8 Å². The van der Waals surface area contributed by atoms with E-state index in [1.807, 2.05) is 0 Å². The Kier molecular flexibility index (Phi) is 4.07. The van der Waals surface area contributed by atoms with Gasteiger partial charge in [-0.3, -0.25) is 0 Å². The summed E-state index contributed by atoms with van der Waals surface area (Å²) in [6.07, 6.45) is 1.37. The quantitative estimate of drug-likeness (QED) is 0.875. The van der Waals surface area contributed by atoms with Gasteiger partial charge in [0.2, 0.25) is 10.0 Å². The van der Waals surface area contributed by atoms with Crippen LogP contribution in [-0.2, 0) is 10.0 Å². The second-order valence-corrected chi connectivity index (χ2v) is 6.65. The van der Waals surface area contributed by atoms with Gasteiger partial charge in [-0.1, -0.05) is 6.07 Å². The predicted octanol–water partition coefficient (Wildman–Crippen LogP) is 0.881. The summed E-state index contributed by atoms with van der Waals surface area (Å²) < 4.78 is 35.2. The number of benzene rings is 1. The summed E-state index contributed by atoms with van der Waals surface area (Å²) in [7, 11) is -3.54. The molecule has 0 spiro atoms. The summed E-state index contributed by atoms with van der Waals surface area (Å²) in [6, 6.07) is 5.01. The number of nitrogens with two attached hydrogens (primary N) is 1. The van der Waals surface area contributed by atoms with Crippen LogP contribution in [0.15, 0.2) is 23.1 Å². The molecule has 3 N–H and O–H groups in total. The molecule has 1 aliphatic rings. The Balaban J connectivity index is 0.00000133. The van der Waals surface area contributed by atoms with Crippen molar-refractivity contribution in [3.63, 3.8) is 0 Å². The van der Waals surface area contributed by atoms with Crippen LogP contribution < -0.4 is 10.5 Å². The normalized spacial score (nSPS) is 22.8. The first-order valence-corrected chi connectivity index (χ1v) is 7.77. The number of fused-ring (bicyclic) bond motifs is 1. The van der Waals surface area contributed by atoms with Gasteiger partial charge in [0, 0.05) is 12.1 Å². The highest BCUT2D eigenvalue weighted by molar-refractivity contribution is 7.89. The molecule has 3 rings (SSSR count). The molecule has 1 saturated carbocycles. The van der Waals surface area contributed by atoms with Gasteiger partial charge < -0.3 is 5.73 Å². The average Bonchev–Trinajstić information content (AvgIpc) is 2.73. The standard InChI is InChI=1S/C10H12N4O2S2.ClH/c11-6-4-7(5-6)14-18(15,16)9-3-1-2-8-10(9)13-17-12-8;/h1-3,6-7,14H,4-5,11H2;1H. The minimum absolute atomic E-state index is 0. The highest BCUT2D eigenvalue weighted by Crippen LogP contribution is 2.24. The Hall–Kier alpha value is -0.800. The van der Waals surface area contributed by atoms with Crippen LogP contribution in [0.5, 0.6) is 0 Å². The third-order valence-electron chi connectivity index (χ3n) is 3.03. The van der Waals surface area contributed by atoms with Gasteiger partial charge in [0.1, 0.15) is 15.9 Å². The van der Waals surface area contributed by atoms with Gasteiger partial charge in [0.15, 0.2) is 0 Å². The van der Waals surface area contributed by atoms with Crippen molar-refractivity contribution in [2.24, 2.45) is 5.73 Å². The first-order chi connectivity index (χ1) is 8.56. The second-order valence-electron chi connectivity index (χ2n) is 4.44. The molecule has 0 unspecified atom stereocenters. The van der Waals surface area contributed by atoms with Gasteiger partial charge in [-0.2, -0.15) is 8.75 Å². The van der Waals surface area contributed by atoms with E-state index in [4.69, 9.17) is 5.73 Å². The summed E-state index contributed by atoms with van der Waals surface area (Å²) in [5, 5.41) is 0. The van der Waals surface area contributed by atoms with Crippen molar-refractivity contribution in [1.29, 1.82) is 0 Å². The van der Waals surface area contributed by atoms with Crippen molar-refractivity contribution in [1.82, 2.24) is 13.5 Å². The molecule has 0 bridgehead atoms. The van der Waals surface area contributed by atoms with Crippen LogP contribution in [0.2, 0.25) is 0 Å². The Morgan fingerprint density at radius 1 is 1.32 bits per heavy atom. The molecule has 1 aromatic heterocycles. The van der Waals surface area contributed by atoms with Crippen molar-refractivity contribution in [2.45, 2.75) is 29.8 Å². The first kappa shape index (κ1) is 14.6. The zero-order valence-corrected chi connectivity index (χ0v) is 12.3. The first-order valence-electron chi connectivity index (χ1n) is 5.55. The monoisotopic (exact) mass is 320 g/mol. The lowest BCUT2D eigenvalue weighted by atomic mass is 9.89. The van der Waals surface area contributed by atoms with Crippen molar-refractivity contribution in [3.8, 4) is 0 Å². The molecule has 0 radical (unpaired) electrons. The maximum atomic E-state index is 12.2. The Labute approximate surface area is 121 Å². The van der Waals surface area contributed by atoms with E-state index in [0.717, 1.165) is 11.7 Å². The van der Waals surface area contributed by atoms with E-state index in [-0.39, 0.29) is 29.4 Å². The van der Waals surface area contributed by atoms with E-state index in [2.05, 4.69) is 13.5 Å². The van der Waals surface area contributed by atoms with Gasteiger partial charge in [-0.05, 0) is 25.0 Å². The molecule has 1 heterocycles. The molecule has 9 heteroatoms. The van der Waals surface area contributed by atoms with E-state index in [0.29, 0.717) is 23.9 Å². The van der Waals surface area contributed by atoms with Crippen molar-refractivity contribution in [3.05, 3.63) is 18.2 Å². The third kappa shape index (κ3) is 2.72. The van der Waals surface area contributed by atoms with Crippen LogP contribution >= 0.6 is 24.1 Å². The summed E-state index contributed by atoms with van der Waals surface area (Å²) >= 11 is 1.01. The molecule has 0 aliphatic heterocycles. The van der Waals surface area contributed by atoms with Crippen LogP contribution in [0, 0.1) is 0 Å². The zero-order valence-electron chi connectivity index (χ0n) is 9.81. The zero-order chi connectivity index (χ0) is 12.8. The Morgan fingerprint density at radius 3 is 2.74 bits per heavy atom. The fraction of sp³-hybridized carbons (Fsp3) is 0.400. The highest BCUT2D eigenvalue weighted by atomic mass is 35.5. The molecule has 6 nitrogen and oxygen atoms in total. The molecule has 2 aromatic rings. The molecule has 1 aliphatic carbocycles. The summed E-state index contributed by atoms with van der Waals surface area (Å²) in [4.78, 5) is 0.189. The number of rotatable bonds is 3. The van der Waals surface area contributed by atoms with E-state index in [1.165, 1.54) is 0 Å². The molecule has 104 valence electrons. The molecule has 1 aromatic carbocycles. The van der Waals surface area contributed by atoms with E-state index < -0.39 is 10.0 Å². The molecule has 1 fully saturated rings. The number of nitrogens with zero attached hydrogens (tertiary/aromatic N) is 2. The largest absolute Gasteiger partial charge is 0.328 e. The molecule has 0 amide bonds. The summed E-state index contributed by atoms with van der Waals surface area (Å²) in [5.41, 5.74) is 6.68. The van der Waals surface area contributed by atoms with Crippen LogP contribution in [-0.4, -0.2) is 29.2 Å². The van der Waals surface area contributed by atoms with Gasteiger partial charge in [0.05, 0.1) is 11.7 Å². The molecule has 19 heavy (non-hydrogen) atoms. The SMILES string of the molecule is Cl.NC1CC(NS(=O)(=O)c2cccc3nsnc23)C1. The van der Waals surface area contributed by atoms with Crippen molar-refractivity contribution >= 4 is 45.2 Å². The fourth-order valence-electron chi connectivity index (χ4n) is 2.04. The van der Waals surface area contributed by atoms with E-state index in [9.17, 15) is 8.42 Å². The lowest BCUT2D eigenvalue weighted by Gasteiger charge is -2.32. The van der Waals surface area contributed by atoms with Gasteiger partial charge >= 0.3 is 0 Å². The topological polar surface area (TPSA) is 98.0 Å². The third-order valence-corrected chi connectivity index (χ3v) is 5.13. The van der Waals surface area contributed by atoms with Gasteiger partial charge in [-0.15, -0.1) is 12.4 Å². The maximum absolute atomic E-state index is 12.2. The number of aromatic nitrogens is 2. The number of hydrogen-bond donors (Lipinski definition) is 2. The van der Waals surface area contributed by atoms with E-state index in [1.54, 1.807) is 18.2 Å². The number of hydrogen-bond acceptors (Lipinski definition) is 6. The molecular weight excluding hydrogens is 308 g/mol. The number of sulfonamides is 1. The van der Waals surface area contributed by atoms with Crippen molar-refractivity contribution in [2.75, 3.05) is 0 Å². The second kappa shape index (κ2) is 5.29. The number of nitrogens with one attached hydrogen (secondary N) is 1. The molecule has 0 saturated heterocycles. The minimum Gasteiger partial charge on any atom is -0.328 e. The fourth-order valence-corrected chi connectivity index (χ4v) is 4.07. The Bertz CT molecular complexity index is 682. The number of halogens is 1. The Morgan fingerprint density at radius 2 is 2.05 bits per heavy atom. The van der Waals surface area contributed by atoms with Crippen LogP contribution in [0.4, 0.5) is 0 Å².